The summed E-state index contributed by atoms with van der Waals surface area (Å²) in [5.41, 5.74) is 1.95. The zero-order valence-electron chi connectivity index (χ0n) is 11.6. The van der Waals surface area contributed by atoms with E-state index in [1.54, 1.807) is 7.11 Å². The van der Waals surface area contributed by atoms with Gasteiger partial charge in [0.2, 0.25) is 11.8 Å². The first kappa shape index (κ1) is 13.5. The van der Waals surface area contributed by atoms with E-state index in [1.165, 1.54) is 0 Å². The Morgan fingerprint density at radius 3 is 2.89 bits per heavy atom. The van der Waals surface area contributed by atoms with Gasteiger partial charge in [-0.1, -0.05) is 13.0 Å². The van der Waals surface area contributed by atoms with Crippen molar-refractivity contribution in [3.05, 3.63) is 29.7 Å². The number of benzene rings is 1. The number of nitrogens with one attached hydrogen (secondary N) is 1. The maximum atomic E-state index is 5.62. The van der Waals surface area contributed by atoms with Crippen molar-refractivity contribution < 1.29 is 9.15 Å². The molecule has 0 amide bonds. The number of hydrogen-bond acceptors (Lipinski definition) is 5. The highest BCUT2D eigenvalue weighted by Gasteiger charge is 2.10. The van der Waals surface area contributed by atoms with Gasteiger partial charge in [0.05, 0.1) is 13.7 Å². The predicted molar refractivity (Wildman–Crippen MR) is 73.0 cm³/mol. The van der Waals surface area contributed by atoms with Crippen LogP contribution in [0.3, 0.4) is 0 Å². The van der Waals surface area contributed by atoms with Gasteiger partial charge < -0.3 is 14.5 Å². The lowest BCUT2D eigenvalue weighted by molar-refractivity contribution is 0.411. The highest BCUT2D eigenvalue weighted by atomic mass is 16.5. The lowest BCUT2D eigenvalue weighted by Gasteiger charge is -2.04. The molecule has 5 heteroatoms. The fourth-order valence-corrected chi connectivity index (χ4v) is 1.77. The maximum Gasteiger partial charge on any atom is 0.247 e. The molecule has 0 saturated heterocycles. The van der Waals surface area contributed by atoms with Crippen LogP contribution < -0.4 is 10.1 Å². The van der Waals surface area contributed by atoms with Crippen LogP contribution in [0.15, 0.2) is 22.6 Å². The zero-order valence-corrected chi connectivity index (χ0v) is 11.6. The summed E-state index contributed by atoms with van der Waals surface area (Å²) in [7, 11) is 1.65. The average Bonchev–Trinajstić information content (AvgIpc) is 2.88. The van der Waals surface area contributed by atoms with Crippen LogP contribution in [0, 0.1) is 6.92 Å². The smallest absolute Gasteiger partial charge is 0.247 e. The van der Waals surface area contributed by atoms with E-state index in [2.05, 4.69) is 22.4 Å². The largest absolute Gasteiger partial charge is 0.496 e. The monoisotopic (exact) mass is 261 g/mol. The van der Waals surface area contributed by atoms with E-state index in [1.807, 2.05) is 25.1 Å². The second kappa shape index (κ2) is 6.33. The van der Waals surface area contributed by atoms with Crippen molar-refractivity contribution >= 4 is 0 Å². The first-order valence-electron chi connectivity index (χ1n) is 6.42. The fraction of sp³-hybridized carbons (Fsp3) is 0.429. The highest BCUT2D eigenvalue weighted by molar-refractivity contribution is 5.57. The van der Waals surface area contributed by atoms with E-state index in [-0.39, 0.29) is 0 Å². The molecule has 1 heterocycles. The Bertz CT molecular complexity index is 537. The normalized spacial score (nSPS) is 10.7. The van der Waals surface area contributed by atoms with Crippen LogP contribution in [0.4, 0.5) is 0 Å². The van der Waals surface area contributed by atoms with Crippen molar-refractivity contribution in [1.82, 2.24) is 15.5 Å². The van der Waals surface area contributed by atoms with E-state index in [4.69, 9.17) is 9.15 Å². The van der Waals surface area contributed by atoms with Gasteiger partial charge in [0.15, 0.2) is 0 Å². The third-order valence-electron chi connectivity index (χ3n) is 2.82. The second-order valence-corrected chi connectivity index (χ2v) is 4.36. The van der Waals surface area contributed by atoms with Crippen molar-refractivity contribution in [3.63, 3.8) is 0 Å². The molecule has 0 spiro atoms. The van der Waals surface area contributed by atoms with Gasteiger partial charge in [0, 0.05) is 5.56 Å². The van der Waals surface area contributed by atoms with Gasteiger partial charge in [-0.2, -0.15) is 0 Å². The van der Waals surface area contributed by atoms with Crippen molar-refractivity contribution in [3.8, 4) is 17.2 Å². The van der Waals surface area contributed by atoms with Crippen molar-refractivity contribution in [2.24, 2.45) is 0 Å². The topological polar surface area (TPSA) is 60.2 Å². The Morgan fingerprint density at radius 1 is 1.32 bits per heavy atom. The second-order valence-electron chi connectivity index (χ2n) is 4.36. The number of aryl methyl sites for hydroxylation is 1. The molecule has 1 aromatic carbocycles. The Balaban J connectivity index is 2.13. The van der Waals surface area contributed by atoms with Crippen LogP contribution in [-0.2, 0) is 6.54 Å². The van der Waals surface area contributed by atoms with E-state index >= 15 is 0 Å². The van der Waals surface area contributed by atoms with Gasteiger partial charge in [-0.3, -0.25) is 0 Å². The average molecular weight is 261 g/mol. The molecule has 0 bridgehead atoms. The molecule has 0 atom stereocenters. The Hall–Kier alpha value is -1.88. The lowest BCUT2D eigenvalue weighted by atomic mass is 10.1. The Labute approximate surface area is 113 Å². The van der Waals surface area contributed by atoms with Gasteiger partial charge in [0.25, 0.3) is 0 Å². The third kappa shape index (κ3) is 3.32. The first-order chi connectivity index (χ1) is 9.24. The fourth-order valence-electron chi connectivity index (χ4n) is 1.77. The molecule has 0 fully saturated rings. The summed E-state index contributed by atoms with van der Waals surface area (Å²) in [6, 6.07) is 5.84. The summed E-state index contributed by atoms with van der Waals surface area (Å²) in [5, 5.41) is 11.3. The Kier molecular flexibility index (Phi) is 4.52. The van der Waals surface area contributed by atoms with Gasteiger partial charge in [0.1, 0.15) is 5.75 Å². The van der Waals surface area contributed by atoms with Crippen LogP contribution in [0.25, 0.3) is 11.5 Å². The number of methoxy groups -OCH3 is 1. The van der Waals surface area contributed by atoms with E-state index in [9.17, 15) is 0 Å². The number of rotatable bonds is 6. The van der Waals surface area contributed by atoms with Crippen LogP contribution in [-0.4, -0.2) is 23.9 Å². The van der Waals surface area contributed by atoms with Crippen LogP contribution >= 0.6 is 0 Å². The minimum absolute atomic E-state index is 0.520. The van der Waals surface area contributed by atoms with E-state index < -0.39 is 0 Å². The van der Waals surface area contributed by atoms with Crippen LogP contribution in [0.2, 0.25) is 0 Å². The molecule has 0 aliphatic rings. The lowest BCUT2D eigenvalue weighted by Crippen LogP contribution is -2.13. The number of ether oxygens (including phenoxy) is 1. The van der Waals surface area contributed by atoms with Crippen LogP contribution in [0.1, 0.15) is 24.8 Å². The molecule has 1 aromatic heterocycles. The maximum absolute atomic E-state index is 5.62. The molecule has 19 heavy (non-hydrogen) atoms. The highest BCUT2D eigenvalue weighted by Crippen LogP contribution is 2.25. The summed E-state index contributed by atoms with van der Waals surface area (Å²) in [5.74, 6) is 1.94. The van der Waals surface area contributed by atoms with Gasteiger partial charge >= 0.3 is 0 Å². The SMILES string of the molecule is CCCNCc1nnc(-c2ccc(C)c(OC)c2)o1. The summed E-state index contributed by atoms with van der Waals surface area (Å²) in [6.45, 7) is 5.65. The minimum atomic E-state index is 0.520. The molecule has 0 saturated carbocycles. The van der Waals surface area contributed by atoms with Crippen LogP contribution in [0.5, 0.6) is 5.75 Å². The summed E-state index contributed by atoms with van der Waals surface area (Å²) >= 11 is 0. The molecule has 0 unspecified atom stereocenters. The summed E-state index contributed by atoms with van der Waals surface area (Å²) in [4.78, 5) is 0. The molecule has 0 aliphatic heterocycles. The van der Waals surface area contributed by atoms with Gasteiger partial charge in [-0.05, 0) is 37.6 Å². The molecular formula is C14H19N3O2. The van der Waals surface area contributed by atoms with Crippen molar-refractivity contribution in [1.29, 1.82) is 0 Å². The minimum Gasteiger partial charge on any atom is -0.496 e. The van der Waals surface area contributed by atoms with Crippen molar-refractivity contribution in [2.45, 2.75) is 26.8 Å². The molecule has 2 rings (SSSR count). The van der Waals surface area contributed by atoms with E-state index in [0.29, 0.717) is 18.3 Å². The first-order valence-corrected chi connectivity index (χ1v) is 6.42. The number of hydrogen-bond donors (Lipinski definition) is 1. The quantitative estimate of drug-likeness (QED) is 0.810. The predicted octanol–water partition coefficient (Wildman–Crippen LogP) is 2.55. The molecule has 1 N–H and O–H groups in total. The van der Waals surface area contributed by atoms with Gasteiger partial charge in [-0.15, -0.1) is 10.2 Å². The molecule has 5 nitrogen and oxygen atoms in total. The zero-order chi connectivity index (χ0) is 13.7. The van der Waals surface area contributed by atoms with Crippen molar-refractivity contribution in [2.75, 3.05) is 13.7 Å². The standard InChI is InChI=1S/C14H19N3O2/c1-4-7-15-9-13-16-17-14(19-13)11-6-5-10(2)12(8-11)18-3/h5-6,8,15H,4,7,9H2,1-3H3. The molecular weight excluding hydrogens is 242 g/mol. The number of aromatic nitrogens is 2. The van der Waals surface area contributed by atoms with Gasteiger partial charge in [-0.25, -0.2) is 0 Å². The third-order valence-corrected chi connectivity index (χ3v) is 2.82. The molecule has 0 radical (unpaired) electrons. The molecule has 102 valence electrons. The summed E-state index contributed by atoms with van der Waals surface area (Å²) in [6.07, 6.45) is 1.08. The summed E-state index contributed by atoms with van der Waals surface area (Å²) < 4.78 is 10.9. The molecule has 0 aliphatic carbocycles. The Morgan fingerprint density at radius 2 is 2.16 bits per heavy atom. The van der Waals surface area contributed by atoms with E-state index in [0.717, 1.165) is 29.8 Å². The molecule has 2 aromatic rings. The number of nitrogens with zero attached hydrogens (tertiary/aromatic N) is 2.